The molecule has 0 aliphatic rings. The average molecular weight is 313 g/mol. The average Bonchev–Trinajstić information content (AvgIpc) is 2.46. The van der Waals surface area contributed by atoms with Gasteiger partial charge in [-0.1, -0.05) is 19.1 Å². The number of rotatable bonds is 6. The van der Waals surface area contributed by atoms with E-state index in [1.807, 2.05) is 6.92 Å². The van der Waals surface area contributed by atoms with Crippen molar-refractivity contribution in [1.29, 1.82) is 0 Å². The molecule has 3 unspecified atom stereocenters. The first-order chi connectivity index (χ1) is 9.69. The summed E-state index contributed by atoms with van der Waals surface area (Å²) in [4.78, 5) is 12.1. The van der Waals surface area contributed by atoms with Gasteiger partial charge in [0.2, 0.25) is 15.9 Å². The van der Waals surface area contributed by atoms with Crippen LogP contribution in [-0.2, 0) is 14.8 Å². The van der Waals surface area contributed by atoms with E-state index in [4.69, 9.17) is 5.73 Å². The minimum Gasteiger partial charge on any atom is -0.349 e. The van der Waals surface area contributed by atoms with Gasteiger partial charge in [-0.05, 0) is 38.6 Å². The van der Waals surface area contributed by atoms with Crippen molar-refractivity contribution in [1.82, 2.24) is 10.0 Å². The van der Waals surface area contributed by atoms with Crippen molar-refractivity contribution in [2.75, 3.05) is 7.05 Å². The van der Waals surface area contributed by atoms with Crippen LogP contribution < -0.4 is 15.8 Å². The number of amides is 1. The topological polar surface area (TPSA) is 101 Å². The summed E-state index contributed by atoms with van der Waals surface area (Å²) in [5.41, 5.74) is 6.53. The van der Waals surface area contributed by atoms with Crippen molar-refractivity contribution in [3.05, 3.63) is 29.8 Å². The summed E-state index contributed by atoms with van der Waals surface area (Å²) >= 11 is 0. The second-order valence-electron chi connectivity index (χ2n) is 5.15. The second kappa shape index (κ2) is 7.02. The molecule has 3 atom stereocenters. The Morgan fingerprint density at radius 1 is 1.14 bits per heavy atom. The van der Waals surface area contributed by atoms with Gasteiger partial charge < -0.3 is 11.1 Å². The predicted molar refractivity (Wildman–Crippen MR) is 82.1 cm³/mol. The number of hydrogen-bond acceptors (Lipinski definition) is 4. The molecule has 1 aromatic carbocycles. The minimum absolute atomic E-state index is 0.121. The fourth-order valence-electron chi connectivity index (χ4n) is 1.72. The smallest absolute Gasteiger partial charge is 0.240 e. The Morgan fingerprint density at radius 3 is 2.10 bits per heavy atom. The molecule has 0 radical (unpaired) electrons. The Kier molecular flexibility index (Phi) is 5.88. The summed E-state index contributed by atoms with van der Waals surface area (Å²) in [6.45, 7) is 5.40. The van der Waals surface area contributed by atoms with E-state index in [1.165, 1.54) is 19.2 Å². The summed E-state index contributed by atoms with van der Waals surface area (Å²) in [6, 6.07) is 5.96. The summed E-state index contributed by atoms with van der Waals surface area (Å²) in [5, 5.41) is 2.87. The lowest BCUT2D eigenvalue weighted by Gasteiger charge is -2.20. The Hall–Kier alpha value is -1.44. The van der Waals surface area contributed by atoms with Gasteiger partial charge in [-0.25, -0.2) is 13.1 Å². The largest absolute Gasteiger partial charge is 0.349 e. The van der Waals surface area contributed by atoms with E-state index in [0.717, 1.165) is 5.56 Å². The highest BCUT2D eigenvalue weighted by atomic mass is 32.2. The molecule has 118 valence electrons. The molecule has 7 heteroatoms. The van der Waals surface area contributed by atoms with Gasteiger partial charge in [0.15, 0.2) is 0 Å². The van der Waals surface area contributed by atoms with Crippen molar-refractivity contribution >= 4 is 15.9 Å². The summed E-state index contributed by atoms with van der Waals surface area (Å²) in [6.07, 6.45) is 0. The maximum Gasteiger partial charge on any atom is 0.240 e. The van der Waals surface area contributed by atoms with E-state index in [1.54, 1.807) is 26.0 Å². The van der Waals surface area contributed by atoms with E-state index in [2.05, 4.69) is 10.0 Å². The van der Waals surface area contributed by atoms with E-state index >= 15 is 0 Å². The normalized spacial score (nSPS) is 16.0. The molecule has 6 nitrogen and oxygen atoms in total. The number of carbonyl (C=O) groups is 1. The molecule has 21 heavy (non-hydrogen) atoms. The lowest BCUT2D eigenvalue weighted by atomic mass is 10.0. The zero-order valence-electron chi connectivity index (χ0n) is 12.8. The molecule has 0 aliphatic carbocycles. The molecule has 1 rings (SSSR count). The van der Waals surface area contributed by atoms with Gasteiger partial charge in [0.25, 0.3) is 0 Å². The molecule has 1 amide bonds. The van der Waals surface area contributed by atoms with Gasteiger partial charge in [-0.3, -0.25) is 4.79 Å². The summed E-state index contributed by atoms with van der Waals surface area (Å²) in [5.74, 6) is -0.402. The van der Waals surface area contributed by atoms with E-state index in [0.29, 0.717) is 0 Å². The molecule has 0 aromatic heterocycles. The molecule has 0 saturated heterocycles. The van der Waals surface area contributed by atoms with Crippen LogP contribution in [0.15, 0.2) is 29.2 Å². The molecule has 0 aliphatic heterocycles. The van der Waals surface area contributed by atoms with Gasteiger partial charge in [0.05, 0.1) is 10.9 Å². The van der Waals surface area contributed by atoms with E-state index in [9.17, 15) is 13.2 Å². The third-order valence-electron chi connectivity index (χ3n) is 3.52. The molecule has 0 spiro atoms. The van der Waals surface area contributed by atoms with Gasteiger partial charge >= 0.3 is 0 Å². The molecule has 0 fully saturated rings. The quantitative estimate of drug-likeness (QED) is 0.721. The predicted octanol–water partition coefficient (Wildman–Crippen LogP) is 0.755. The first-order valence-corrected chi connectivity index (χ1v) is 8.26. The fraction of sp³-hybridized carbons (Fsp3) is 0.500. The monoisotopic (exact) mass is 313 g/mol. The lowest BCUT2D eigenvalue weighted by Crippen LogP contribution is -2.39. The van der Waals surface area contributed by atoms with Crippen LogP contribution in [0.4, 0.5) is 0 Å². The zero-order valence-corrected chi connectivity index (χ0v) is 13.6. The van der Waals surface area contributed by atoms with Crippen molar-refractivity contribution in [2.24, 2.45) is 11.7 Å². The molecule has 0 bridgehead atoms. The highest BCUT2D eigenvalue weighted by Gasteiger charge is 2.19. The zero-order chi connectivity index (χ0) is 16.2. The molecule has 0 heterocycles. The summed E-state index contributed by atoms with van der Waals surface area (Å²) < 4.78 is 25.5. The van der Waals surface area contributed by atoms with Crippen LogP contribution in [-0.4, -0.2) is 27.4 Å². The van der Waals surface area contributed by atoms with Crippen LogP contribution in [0, 0.1) is 5.92 Å². The Morgan fingerprint density at radius 2 is 1.67 bits per heavy atom. The highest BCUT2D eigenvalue weighted by Crippen LogP contribution is 2.16. The van der Waals surface area contributed by atoms with Crippen molar-refractivity contribution in [3.8, 4) is 0 Å². The van der Waals surface area contributed by atoms with Crippen molar-refractivity contribution in [3.63, 3.8) is 0 Å². The maximum absolute atomic E-state index is 11.9. The van der Waals surface area contributed by atoms with Crippen molar-refractivity contribution < 1.29 is 13.2 Å². The van der Waals surface area contributed by atoms with Crippen LogP contribution >= 0.6 is 0 Å². The molecule has 1 aromatic rings. The molecule has 4 N–H and O–H groups in total. The number of sulfonamides is 1. The fourth-order valence-corrected chi connectivity index (χ4v) is 2.45. The van der Waals surface area contributed by atoms with Crippen LogP contribution in [0.25, 0.3) is 0 Å². The van der Waals surface area contributed by atoms with Crippen LogP contribution in [0.5, 0.6) is 0 Å². The maximum atomic E-state index is 11.9. The first-order valence-electron chi connectivity index (χ1n) is 6.78. The molecular formula is C14H23N3O3S. The SMILES string of the molecule is CNS(=O)(=O)c1ccc(C(C)NC(=O)C(C)C(C)N)cc1. The van der Waals surface area contributed by atoms with Crippen LogP contribution in [0.1, 0.15) is 32.4 Å². The first kappa shape index (κ1) is 17.6. The van der Waals surface area contributed by atoms with E-state index in [-0.39, 0.29) is 28.8 Å². The van der Waals surface area contributed by atoms with Gasteiger partial charge in [0.1, 0.15) is 0 Å². The number of benzene rings is 1. The van der Waals surface area contributed by atoms with Gasteiger partial charge in [-0.2, -0.15) is 0 Å². The Bertz CT molecular complexity index is 582. The Labute approximate surface area is 126 Å². The second-order valence-corrected chi connectivity index (χ2v) is 7.04. The highest BCUT2D eigenvalue weighted by molar-refractivity contribution is 7.89. The Balaban J connectivity index is 2.81. The van der Waals surface area contributed by atoms with E-state index < -0.39 is 10.0 Å². The molecule has 0 saturated carbocycles. The minimum atomic E-state index is -3.44. The number of nitrogens with two attached hydrogens (primary N) is 1. The number of carbonyl (C=O) groups excluding carboxylic acids is 1. The van der Waals surface area contributed by atoms with Crippen molar-refractivity contribution in [2.45, 2.75) is 37.8 Å². The number of hydrogen-bond donors (Lipinski definition) is 3. The van der Waals surface area contributed by atoms with Gasteiger partial charge in [-0.15, -0.1) is 0 Å². The molecular weight excluding hydrogens is 290 g/mol. The third kappa shape index (κ3) is 4.52. The van der Waals surface area contributed by atoms with Gasteiger partial charge in [0, 0.05) is 12.0 Å². The van der Waals surface area contributed by atoms with Crippen LogP contribution in [0.3, 0.4) is 0 Å². The standard InChI is InChI=1S/C14H23N3O3S/c1-9(10(2)15)14(18)17-11(3)12-5-7-13(8-6-12)21(19,20)16-4/h5-11,16H,15H2,1-4H3,(H,17,18). The third-order valence-corrected chi connectivity index (χ3v) is 4.95. The number of nitrogens with one attached hydrogen (secondary N) is 2. The van der Waals surface area contributed by atoms with Crippen LogP contribution in [0.2, 0.25) is 0 Å². The lowest BCUT2D eigenvalue weighted by molar-refractivity contribution is -0.125. The summed E-state index contributed by atoms with van der Waals surface area (Å²) in [7, 11) is -2.08.